The first-order valence-electron chi connectivity index (χ1n) is 11.2. The Morgan fingerprint density at radius 1 is 0.903 bits per heavy atom. The minimum Gasteiger partial charge on any atom is -0.361 e. The molecule has 0 bridgehead atoms. The molecule has 1 atom stereocenters. The fraction of sp³-hybridized carbons (Fsp3) is 0.250. The molecule has 0 saturated carbocycles. The van der Waals surface area contributed by atoms with Crippen molar-refractivity contribution in [2.75, 3.05) is 0 Å². The van der Waals surface area contributed by atoms with Crippen LogP contribution in [-0.2, 0) is 24.2 Å². The Bertz CT molecular complexity index is 1120. The van der Waals surface area contributed by atoms with E-state index in [2.05, 4.69) is 65.9 Å². The number of aromatic nitrogens is 1. The summed E-state index contributed by atoms with van der Waals surface area (Å²) in [5.41, 5.74) is 6.20. The fourth-order valence-corrected chi connectivity index (χ4v) is 4.32. The first kappa shape index (κ1) is 20.9. The number of hydrogen-bond acceptors (Lipinski definition) is 1. The van der Waals surface area contributed by atoms with Crippen LogP contribution in [0.5, 0.6) is 0 Å². The van der Waals surface area contributed by atoms with Gasteiger partial charge < -0.3 is 10.3 Å². The molecule has 0 aliphatic heterocycles. The van der Waals surface area contributed by atoms with E-state index in [0.29, 0.717) is 13.0 Å². The van der Waals surface area contributed by atoms with Gasteiger partial charge in [0.05, 0.1) is 0 Å². The zero-order valence-electron chi connectivity index (χ0n) is 18.1. The summed E-state index contributed by atoms with van der Waals surface area (Å²) in [5, 5.41) is 4.35. The van der Waals surface area contributed by atoms with Crippen LogP contribution in [0.15, 0.2) is 85.1 Å². The fourth-order valence-electron chi connectivity index (χ4n) is 4.32. The van der Waals surface area contributed by atoms with Crippen LogP contribution in [0.1, 0.15) is 47.9 Å². The van der Waals surface area contributed by atoms with E-state index in [1.807, 2.05) is 36.4 Å². The molecule has 0 aliphatic rings. The van der Waals surface area contributed by atoms with Crippen molar-refractivity contribution in [2.45, 2.75) is 45.1 Å². The summed E-state index contributed by atoms with van der Waals surface area (Å²) in [5.74, 6) is 0.264. The summed E-state index contributed by atoms with van der Waals surface area (Å²) in [6.07, 6.45) is 5.49. The van der Waals surface area contributed by atoms with Crippen molar-refractivity contribution in [3.8, 4) is 0 Å². The molecule has 3 nitrogen and oxygen atoms in total. The summed E-state index contributed by atoms with van der Waals surface area (Å²) >= 11 is 0. The molecule has 2 N–H and O–H groups in total. The molecule has 0 fully saturated rings. The van der Waals surface area contributed by atoms with Gasteiger partial charge in [0.2, 0.25) is 5.91 Å². The van der Waals surface area contributed by atoms with Crippen molar-refractivity contribution >= 4 is 16.8 Å². The van der Waals surface area contributed by atoms with Gasteiger partial charge in [0, 0.05) is 30.1 Å². The van der Waals surface area contributed by atoms with Gasteiger partial charge in [0.1, 0.15) is 0 Å². The highest BCUT2D eigenvalue weighted by atomic mass is 16.1. The van der Waals surface area contributed by atoms with Gasteiger partial charge in [-0.05, 0) is 47.4 Å². The Balaban J connectivity index is 1.53. The van der Waals surface area contributed by atoms with Crippen LogP contribution in [0.3, 0.4) is 0 Å². The molecule has 0 radical (unpaired) electrons. The van der Waals surface area contributed by atoms with Gasteiger partial charge in [0.15, 0.2) is 0 Å². The van der Waals surface area contributed by atoms with Crippen LogP contribution in [0.2, 0.25) is 0 Å². The summed E-state index contributed by atoms with van der Waals surface area (Å²) < 4.78 is 0. The molecule has 0 spiro atoms. The number of amides is 1. The number of carbonyl (C=O) groups excluding carboxylic acids is 1. The van der Waals surface area contributed by atoms with Crippen molar-refractivity contribution in [3.63, 3.8) is 0 Å². The maximum atomic E-state index is 12.9. The number of benzene rings is 3. The number of nitrogens with one attached hydrogen (secondary N) is 2. The molecule has 1 heterocycles. The van der Waals surface area contributed by atoms with Crippen molar-refractivity contribution < 1.29 is 4.79 Å². The summed E-state index contributed by atoms with van der Waals surface area (Å²) in [4.78, 5) is 16.4. The second-order valence-corrected chi connectivity index (χ2v) is 8.12. The molecule has 0 aliphatic carbocycles. The third-order valence-corrected chi connectivity index (χ3v) is 6.04. The molecule has 1 amide bonds. The van der Waals surface area contributed by atoms with E-state index < -0.39 is 0 Å². The van der Waals surface area contributed by atoms with E-state index in [9.17, 15) is 4.79 Å². The van der Waals surface area contributed by atoms with Crippen molar-refractivity contribution in [2.24, 2.45) is 0 Å². The predicted molar refractivity (Wildman–Crippen MR) is 128 cm³/mol. The van der Waals surface area contributed by atoms with Crippen LogP contribution in [0.25, 0.3) is 10.9 Å². The van der Waals surface area contributed by atoms with Crippen molar-refractivity contribution in [1.82, 2.24) is 10.3 Å². The Morgan fingerprint density at radius 3 is 2.32 bits per heavy atom. The summed E-state index contributed by atoms with van der Waals surface area (Å²) in [6, 6.07) is 27.1. The summed E-state index contributed by atoms with van der Waals surface area (Å²) in [7, 11) is 0. The number of fused-ring (bicyclic) bond motifs is 1. The molecule has 3 heteroatoms. The largest absolute Gasteiger partial charge is 0.361 e. The van der Waals surface area contributed by atoms with E-state index in [1.165, 1.54) is 27.6 Å². The number of H-pyrrole nitrogens is 1. The van der Waals surface area contributed by atoms with Crippen LogP contribution in [0.4, 0.5) is 0 Å². The Labute approximate surface area is 184 Å². The predicted octanol–water partition coefficient (Wildman–Crippen LogP) is 6.15. The van der Waals surface area contributed by atoms with E-state index in [1.54, 1.807) is 0 Å². The average Bonchev–Trinajstić information content (AvgIpc) is 3.26. The lowest BCUT2D eigenvalue weighted by Gasteiger charge is -2.17. The molecular formula is C28H30N2O. The van der Waals surface area contributed by atoms with E-state index in [4.69, 9.17) is 0 Å². The van der Waals surface area contributed by atoms with Gasteiger partial charge in [-0.15, -0.1) is 0 Å². The lowest BCUT2D eigenvalue weighted by atomic mass is 9.88. The van der Waals surface area contributed by atoms with Crippen LogP contribution >= 0.6 is 0 Å². The zero-order valence-corrected chi connectivity index (χ0v) is 18.1. The molecule has 4 rings (SSSR count). The second kappa shape index (κ2) is 10.1. The second-order valence-electron chi connectivity index (χ2n) is 8.12. The molecule has 4 aromatic rings. The third kappa shape index (κ3) is 5.24. The third-order valence-electron chi connectivity index (χ3n) is 6.04. The molecule has 0 saturated heterocycles. The normalized spacial score (nSPS) is 12.0. The Kier molecular flexibility index (Phi) is 6.83. The van der Waals surface area contributed by atoms with Crippen molar-refractivity contribution in [1.29, 1.82) is 0 Å². The maximum Gasteiger partial charge on any atom is 0.220 e. The number of rotatable bonds is 9. The van der Waals surface area contributed by atoms with Gasteiger partial charge in [-0.25, -0.2) is 0 Å². The lowest BCUT2D eigenvalue weighted by Crippen LogP contribution is -2.24. The first-order chi connectivity index (χ1) is 15.2. The number of aryl methyl sites for hydroxylation is 2. The molecule has 3 aromatic carbocycles. The van der Waals surface area contributed by atoms with Crippen LogP contribution in [0, 0.1) is 0 Å². The highest BCUT2D eigenvalue weighted by molar-refractivity contribution is 5.87. The maximum absolute atomic E-state index is 12.9. The monoisotopic (exact) mass is 410 g/mol. The number of aromatic amines is 1. The van der Waals surface area contributed by atoms with E-state index in [0.717, 1.165) is 24.8 Å². The van der Waals surface area contributed by atoms with Crippen molar-refractivity contribution in [3.05, 3.63) is 107 Å². The molecule has 1 aromatic heterocycles. The molecule has 0 unspecified atom stereocenters. The summed E-state index contributed by atoms with van der Waals surface area (Å²) in [6.45, 7) is 2.75. The van der Waals surface area contributed by atoms with Gasteiger partial charge in [-0.2, -0.15) is 0 Å². The minimum atomic E-state index is 0.0999. The number of hydrogen-bond donors (Lipinski definition) is 2. The highest BCUT2D eigenvalue weighted by Crippen LogP contribution is 2.33. The quantitative estimate of drug-likeness (QED) is 0.341. The number of carbonyl (C=O) groups is 1. The van der Waals surface area contributed by atoms with Gasteiger partial charge >= 0.3 is 0 Å². The average molecular weight is 411 g/mol. The Morgan fingerprint density at radius 2 is 1.61 bits per heavy atom. The van der Waals surface area contributed by atoms with Crippen LogP contribution in [-0.4, -0.2) is 10.9 Å². The SMILES string of the molecule is CCc1cccc2c([C@@H](CCc3ccccc3)CC(=O)NCc3ccccc3)c[nH]c12. The minimum absolute atomic E-state index is 0.0999. The number of para-hydroxylation sites is 1. The smallest absolute Gasteiger partial charge is 0.220 e. The zero-order chi connectivity index (χ0) is 21.5. The van der Waals surface area contributed by atoms with Gasteiger partial charge in [0.25, 0.3) is 0 Å². The Hall–Kier alpha value is -3.33. The first-order valence-corrected chi connectivity index (χ1v) is 11.2. The van der Waals surface area contributed by atoms with Gasteiger partial charge in [-0.1, -0.05) is 85.8 Å². The lowest BCUT2D eigenvalue weighted by molar-refractivity contribution is -0.121. The molecule has 158 valence electrons. The van der Waals surface area contributed by atoms with Crippen LogP contribution < -0.4 is 5.32 Å². The highest BCUT2D eigenvalue weighted by Gasteiger charge is 2.20. The standard InChI is InChI=1S/C28H30N2O/c1-2-23-14-9-15-25-26(20-30-28(23)25)24(17-16-21-10-5-3-6-11-21)18-27(31)29-19-22-12-7-4-8-13-22/h3-15,20,24,30H,2,16-19H2,1H3,(H,29,31)/t24-/m0/s1. The van der Waals surface area contributed by atoms with Gasteiger partial charge in [-0.3, -0.25) is 4.79 Å². The molecular weight excluding hydrogens is 380 g/mol. The topological polar surface area (TPSA) is 44.9 Å². The molecule has 31 heavy (non-hydrogen) atoms. The van der Waals surface area contributed by atoms with E-state index >= 15 is 0 Å². The van der Waals surface area contributed by atoms with E-state index in [-0.39, 0.29) is 11.8 Å².